The van der Waals surface area contributed by atoms with E-state index in [9.17, 15) is 0 Å². The average Bonchev–Trinajstić information content (AvgIpc) is 3.47. The monoisotopic (exact) mass is 474 g/mol. The van der Waals surface area contributed by atoms with Gasteiger partial charge in [-0.2, -0.15) is 5.10 Å². The van der Waals surface area contributed by atoms with Gasteiger partial charge in [0.25, 0.3) is 0 Å². The standard InChI is InChI=1S/C25H27FN8O/c1-14-22(33(4)31-29-14)17-12-19-21(28-13-17)25-23(15(2)30-32(25)3)34(19)24(16-7-10-35-11-8-16)20-18(26)6-5-9-27-20/h5-6,9,12-13,16,24H,7-8,10-11H2,1-4H3/t24-/m0/s1. The summed E-state index contributed by atoms with van der Waals surface area (Å²) in [5.41, 5.74) is 7.56. The maximum atomic E-state index is 15.3. The maximum absolute atomic E-state index is 15.3. The fourth-order valence-corrected chi connectivity index (χ4v) is 5.62. The van der Waals surface area contributed by atoms with Gasteiger partial charge >= 0.3 is 0 Å². The van der Waals surface area contributed by atoms with Crippen molar-refractivity contribution in [3.8, 4) is 11.3 Å². The number of halogens is 1. The van der Waals surface area contributed by atoms with Gasteiger partial charge in [-0.25, -0.2) is 9.07 Å². The summed E-state index contributed by atoms with van der Waals surface area (Å²) in [5.74, 6) is -0.161. The molecule has 6 heterocycles. The van der Waals surface area contributed by atoms with E-state index in [1.807, 2.05) is 38.8 Å². The van der Waals surface area contributed by atoms with Gasteiger partial charge in [0.15, 0.2) is 0 Å². The third-order valence-electron chi connectivity index (χ3n) is 7.11. The molecule has 0 aliphatic carbocycles. The lowest BCUT2D eigenvalue weighted by atomic mass is 9.88. The van der Waals surface area contributed by atoms with Gasteiger partial charge < -0.3 is 9.30 Å². The van der Waals surface area contributed by atoms with Crippen LogP contribution in [-0.4, -0.2) is 52.5 Å². The molecule has 0 aromatic carbocycles. The van der Waals surface area contributed by atoms with E-state index in [2.05, 4.69) is 25.9 Å². The molecule has 0 unspecified atom stereocenters. The van der Waals surface area contributed by atoms with Gasteiger partial charge in [0.1, 0.15) is 16.9 Å². The van der Waals surface area contributed by atoms with Crippen LogP contribution in [0.2, 0.25) is 0 Å². The minimum atomic E-state index is -0.328. The lowest BCUT2D eigenvalue weighted by molar-refractivity contribution is 0.0543. The molecule has 0 radical (unpaired) electrons. The van der Waals surface area contributed by atoms with Crippen LogP contribution in [0.4, 0.5) is 4.39 Å². The first-order chi connectivity index (χ1) is 17.0. The highest BCUT2D eigenvalue weighted by atomic mass is 19.1. The van der Waals surface area contributed by atoms with E-state index in [4.69, 9.17) is 14.8 Å². The zero-order chi connectivity index (χ0) is 24.3. The second-order valence-corrected chi connectivity index (χ2v) is 9.28. The molecule has 1 fully saturated rings. The lowest BCUT2D eigenvalue weighted by Gasteiger charge is -2.32. The summed E-state index contributed by atoms with van der Waals surface area (Å²) in [4.78, 5) is 9.45. The van der Waals surface area contributed by atoms with Gasteiger partial charge in [-0.15, -0.1) is 5.10 Å². The van der Waals surface area contributed by atoms with Crippen LogP contribution in [0.15, 0.2) is 30.6 Å². The smallest absolute Gasteiger partial charge is 0.146 e. The number of hydrogen-bond donors (Lipinski definition) is 0. The van der Waals surface area contributed by atoms with Crippen LogP contribution in [0.5, 0.6) is 0 Å². The van der Waals surface area contributed by atoms with Crippen LogP contribution in [0, 0.1) is 25.6 Å². The number of aryl methyl sites for hydroxylation is 4. The van der Waals surface area contributed by atoms with Gasteiger partial charge in [0, 0.05) is 45.3 Å². The summed E-state index contributed by atoms with van der Waals surface area (Å²) in [6, 6.07) is 4.91. The number of nitrogens with zero attached hydrogens (tertiary/aromatic N) is 8. The molecule has 5 aromatic rings. The Labute approximate surface area is 201 Å². The van der Waals surface area contributed by atoms with E-state index in [1.165, 1.54) is 6.07 Å². The van der Waals surface area contributed by atoms with Crippen molar-refractivity contribution in [1.29, 1.82) is 0 Å². The normalized spacial score (nSPS) is 15.9. The fraction of sp³-hybridized carbons (Fsp3) is 0.400. The summed E-state index contributed by atoms with van der Waals surface area (Å²) >= 11 is 0. The minimum absolute atomic E-state index is 0.148. The molecule has 1 aliphatic rings. The van der Waals surface area contributed by atoms with Crippen molar-refractivity contribution in [3.63, 3.8) is 0 Å². The summed E-state index contributed by atoms with van der Waals surface area (Å²) < 4.78 is 26.8. The van der Waals surface area contributed by atoms with E-state index < -0.39 is 0 Å². The first-order valence-corrected chi connectivity index (χ1v) is 11.8. The zero-order valence-electron chi connectivity index (χ0n) is 20.2. The van der Waals surface area contributed by atoms with E-state index in [0.717, 1.165) is 57.6 Å². The highest BCUT2D eigenvalue weighted by Gasteiger charge is 2.34. The van der Waals surface area contributed by atoms with Crippen LogP contribution in [0.1, 0.15) is 36.0 Å². The Morgan fingerprint density at radius 1 is 1.06 bits per heavy atom. The lowest BCUT2D eigenvalue weighted by Crippen LogP contribution is -2.28. The van der Waals surface area contributed by atoms with Gasteiger partial charge in [0.05, 0.1) is 39.9 Å². The molecule has 0 saturated carbocycles. The molecule has 35 heavy (non-hydrogen) atoms. The van der Waals surface area contributed by atoms with Crippen molar-refractivity contribution in [2.75, 3.05) is 13.2 Å². The molecule has 1 atom stereocenters. The number of ether oxygens (including phenoxy) is 1. The van der Waals surface area contributed by atoms with Gasteiger partial charge in [-0.3, -0.25) is 14.6 Å². The Balaban J connectivity index is 1.70. The first kappa shape index (κ1) is 21.8. The molecule has 10 heteroatoms. The Hall–Kier alpha value is -3.66. The third-order valence-corrected chi connectivity index (χ3v) is 7.11. The predicted octanol–water partition coefficient (Wildman–Crippen LogP) is 3.89. The number of rotatable bonds is 4. The molecule has 9 nitrogen and oxygen atoms in total. The largest absolute Gasteiger partial charge is 0.381 e. The summed E-state index contributed by atoms with van der Waals surface area (Å²) in [6.45, 7) is 5.22. The van der Waals surface area contributed by atoms with Crippen molar-refractivity contribution < 1.29 is 9.13 Å². The zero-order valence-corrected chi connectivity index (χ0v) is 20.2. The Kier molecular flexibility index (Phi) is 5.14. The molecule has 1 aliphatic heterocycles. The van der Waals surface area contributed by atoms with Crippen molar-refractivity contribution in [1.82, 2.24) is 39.3 Å². The van der Waals surface area contributed by atoms with Gasteiger partial charge in [0.2, 0.25) is 0 Å². The van der Waals surface area contributed by atoms with Crippen molar-refractivity contribution >= 4 is 22.1 Å². The fourth-order valence-electron chi connectivity index (χ4n) is 5.62. The molecule has 0 N–H and O–H groups in total. The van der Waals surface area contributed by atoms with Crippen molar-refractivity contribution in [2.24, 2.45) is 20.0 Å². The van der Waals surface area contributed by atoms with Gasteiger partial charge in [-0.05, 0) is 50.8 Å². The van der Waals surface area contributed by atoms with Crippen molar-refractivity contribution in [2.45, 2.75) is 32.7 Å². The van der Waals surface area contributed by atoms with Crippen LogP contribution < -0.4 is 0 Å². The topological polar surface area (TPSA) is 88.5 Å². The third kappa shape index (κ3) is 3.35. The predicted molar refractivity (Wildman–Crippen MR) is 129 cm³/mol. The molecule has 5 aromatic heterocycles. The first-order valence-electron chi connectivity index (χ1n) is 11.8. The second-order valence-electron chi connectivity index (χ2n) is 9.28. The Morgan fingerprint density at radius 3 is 2.57 bits per heavy atom. The second kappa shape index (κ2) is 8.23. The van der Waals surface area contributed by atoms with E-state index >= 15 is 4.39 Å². The highest BCUT2D eigenvalue weighted by Crippen LogP contribution is 2.41. The van der Waals surface area contributed by atoms with E-state index in [-0.39, 0.29) is 17.8 Å². The Morgan fingerprint density at radius 2 is 1.86 bits per heavy atom. The number of pyridine rings is 2. The number of hydrogen-bond acceptors (Lipinski definition) is 6. The molecular weight excluding hydrogens is 447 g/mol. The summed E-state index contributed by atoms with van der Waals surface area (Å²) in [6.07, 6.45) is 5.15. The molecule has 180 valence electrons. The van der Waals surface area contributed by atoms with E-state index in [0.29, 0.717) is 18.9 Å². The summed E-state index contributed by atoms with van der Waals surface area (Å²) in [7, 11) is 3.80. The molecular formula is C25H27FN8O. The molecule has 0 bridgehead atoms. The van der Waals surface area contributed by atoms with Crippen LogP contribution in [0.25, 0.3) is 33.3 Å². The quantitative estimate of drug-likeness (QED) is 0.393. The van der Waals surface area contributed by atoms with Crippen LogP contribution in [0.3, 0.4) is 0 Å². The van der Waals surface area contributed by atoms with Crippen LogP contribution in [-0.2, 0) is 18.8 Å². The molecule has 0 amide bonds. The minimum Gasteiger partial charge on any atom is -0.381 e. The SMILES string of the molecule is Cc1nnn(C)c1-c1cnc2c3c(c(C)nn3C)n([C@H](c3ncccc3F)C3CCOCC3)c2c1. The number of fused-ring (bicyclic) bond motifs is 3. The average molecular weight is 475 g/mol. The van der Waals surface area contributed by atoms with E-state index in [1.54, 1.807) is 16.9 Å². The summed E-state index contributed by atoms with van der Waals surface area (Å²) in [5, 5.41) is 13.1. The van der Waals surface area contributed by atoms with Crippen molar-refractivity contribution in [3.05, 3.63) is 53.5 Å². The van der Waals surface area contributed by atoms with Crippen LogP contribution >= 0.6 is 0 Å². The molecule has 6 rings (SSSR count). The Bertz CT molecular complexity index is 1540. The number of aromatic nitrogens is 8. The highest BCUT2D eigenvalue weighted by molar-refractivity contribution is 6.05. The molecule has 1 saturated heterocycles. The maximum Gasteiger partial charge on any atom is 0.146 e. The van der Waals surface area contributed by atoms with Gasteiger partial charge in [-0.1, -0.05) is 5.21 Å². The molecule has 0 spiro atoms.